The molecule has 6 nitrogen and oxygen atoms in total. The Kier molecular flexibility index (Phi) is 5.73. The monoisotopic (exact) mass is 359 g/mol. The van der Waals surface area contributed by atoms with Crippen LogP contribution in [0.3, 0.4) is 0 Å². The largest absolute Gasteiger partial charge is 0.261 e. The van der Waals surface area contributed by atoms with Gasteiger partial charge in [-0.1, -0.05) is 6.07 Å². The zero-order chi connectivity index (χ0) is 15.6. The van der Waals surface area contributed by atoms with Crippen molar-refractivity contribution in [1.82, 2.24) is 4.72 Å². The molecule has 0 saturated carbocycles. The van der Waals surface area contributed by atoms with Gasteiger partial charge in [0, 0.05) is 39.5 Å². The molecule has 0 amide bonds. The molecule has 1 aromatic rings. The molecule has 0 radical (unpaired) electrons. The van der Waals surface area contributed by atoms with Crippen molar-refractivity contribution in [3.8, 4) is 0 Å². The third kappa shape index (κ3) is 4.81. The minimum atomic E-state index is -4.00. The van der Waals surface area contributed by atoms with Crippen molar-refractivity contribution in [2.45, 2.75) is 22.0 Å². The second-order valence-corrected chi connectivity index (χ2v) is 10.2. The van der Waals surface area contributed by atoms with E-state index < -0.39 is 29.9 Å². The van der Waals surface area contributed by atoms with Crippen LogP contribution in [0.4, 0.5) is 0 Å². The lowest BCUT2D eigenvalue weighted by Gasteiger charge is -2.11. The predicted octanol–water partition coefficient (Wildman–Crippen LogP) is 0.659. The molecule has 0 bridgehead atoms. The van der Waals surface area contributed by atoms with Crippen LogP contribution in [0.5, 0.6) is 0 Å². The first-order valence-electron chi connectivity index (χ1n) is 5.40. The van der Waals surface area contributed by atoms with E-state index in [4.69, 9.17) is 10.7 Å². The third-order valence-corrected chi connectivity index (χ3v) is 6.60. The highest BCUT2D eigenvalue weighted by Crippen LogP contribution is 2.18. The van der Waals surface area contributed by atoms with E-state index >= 15 is 0 Å². The molecule has 0 spiro atoms. The summed E-state index contributed by atoms with van der Waals surface area (Å²) >= 11 is 0. The molecule has 10 heteroatoms. The fourth-order valence-electron chi connectivity index (χ4n) is 1.22. The van der Waals surface area contributed by atoms with Gasteiger partial charge in [0.15, 0.2) is 0 Å². The quantitative estimate of drug-likeness (QED) is 0.752. The lowest BCUT2D eigenvalue weighted by atomic mass is 10.4. The third-order valence-electron chi connectivity index (χ3n) is 2.52. The van der Waals surface area contributed by atoms with Crippen LogP contribution in [0.2, 0.25) is 0 Å². The van der Waals surface area contributed by atoms with E-state index in [2.05, 4.69) is 4.72 Å². The Balaban J connectivity index is 3.02. The van der Waals surface area contributed by atoms with Gasteiger partial charge < -0.3 is 0 Å². The molecule has 0 aliphatic carbocycles. The number of benzene rings is 1. The maximum absolute atomic E-state index is 12.0. The smallest absolute Gasteiger partial charge is 0.260 e. The van der Waals surface area contributed by atoms with Crippen LogP contribution in [-0.2, 0) is 29.9 Å². The Morgan fingerprint density at radius 3 is 2.30 bits per heavy atom. The number of halogens is 1. The lowest BCUT2D eigenvalue weighted by molar-refractivity contribution is 0.580. The van der Waals surface area contributed by atoms with Crippen molar-refractivity contribution < 1.29 is 21.0 Å². The number of hydrogen-bond donors (Lipinski definition) is 1. The summed E-state index contributed by atoms with van der Waals surface area (Å²) in [6.45, 7) is 1.63. The van der Waals surface area contributed by atoms with Crippen molar-refractivity contribution in [2.75, 3.05) is 12.8 Å². The lowest BCUT2D eigenvalue weighted by Crippen LogP contribution is -2.32. The van der Waals surface area contributed by atoms with E-state index in [1.807, 2.05) is 0 Å². The second-order valence-electron chi connectivity index (χ2n) is 4.07. The van der Waals surface area contributed by atoms with E-state index in [0.29, 0.717) is 0 Å². The van der Waals surface area contributed by atoms with Crippen molar-refractivity contribution in [3.63, 3.8) is 0 Å². The first-order valence-corrected chi connectivity index (χ1v) is 10.8. The standard InChI is InChI=1S/C10H14ClNO5S3/c1-8(18(2)13)7-12-20(16,17)10-5-3-4-9(6-10)19(11,14)15/h3-6,8,12H,7H2,1-2H3. The van der Waals surface area contributed by atoms with Gasteiger partial charge in [-0.15, -0.1) is 0 Å². The van der Waals surface area contributed by atoms with E-state index in [1.54, 1.807) is 6.92 Å². The molecule has 2 unspecified atom stereocenters. The van der Waals surface area contributed by atoms with Gasteiger partial charge in [0.25, 0.3) is 9.05 Å². The van der Waals surface area contributed by atoms with E-state index in [0.717, 1.165) is 6.07 Å². The van der Waals surface area contributed by atoms with Crippen LogP contribution in [0.1, 0.15) is 6.92 Å². The summed E-state index contributed by atoms with van der Waals surface area (Å²) < 4.78 is 59.8. The molecular formula is C10H14ClNO5S3. The SMILES string of the molecule is CC(CNS(=O)(=O)c1cccc(S(=O)(=O)Cl)c1)S(C)=O. The number of rotatable bonds is 6. The van der Waals surface area contributed by atoms with Crippen molar-refractivity contribution in [3.05, 3.63) is 24.3 Å². The van der Waals surface area contributed by atoms with Gasteiger partial charge in [-0.25, -0.2) is 21.6 Å². The van der Waals surface area contributed by atoms with E-state index in [9.17, 15) is 21.0 Å². The topological polar surface area (TPSA) is 97.4 Å². The second kappa shape index (κ2) is 6.52. The molecule has 2 atom stereocenters. The highest BCUT2D eigenvalue weighted by molar-refractivity contribution is 8.13. The molecule has 1 N–H and O–H groups in total. The highest BCUT2D eigenvalue weighted by atomic mass is 35.7. The summed E-state index contributed by atoms with van der Waals surface area (Å²) in [4.78, 5) is -0.512. The van der Waals surface area contributed by atoms with Gasteiger partial charge >= 0.3 is 0 Å². The maximum atomic E-state index is 12.0. The number of nitrogens with one attached hydrogen (secondary N) is 1. The molecule has 1 aromatic carbocycles. The van der Waals surface area contributed by atoms with E-state index in [1.165, 1.54) is 24.5 Å². The molecular weight excluding hydrogens is 346 g/mol. The van der Waals surface area contributed by atoms with Gasteiger partial charge in [-0.3, -0.25) is 4.21 Å². The zero-order valence-electron chi connectivity index (χ0n) is 10.7. The Hall–Kier alpha value is -0.480. The molecule has 114 valence electrons. The molecule has 0 fully saturated rings. The summed E-state index contributed by atoms with van der Waals surface area (Å²) in [5.41, 5.74) is 0. The fourth-order valence-corrected chi connectivity index (χ4v) is 3.69. The van der Waals surface area contributed by atoms with Gasteiger partial charge in [-0.05, 0) is 25.1 Å². The van der Waals surface area contributed by atoms with Gasteiger partial charge in [0.05, 0.1) is 9.79 Å². The van der Waals surface area contributed by atoms with Crippen LogP contribution in [0, 0.1) is 0 Å². The first kappa shape index (κ1) is 17.6. The summed E-state index contributed by atoms with van der Waals surface area (Å²) in [5, 5.41) is -0.357. The molecule has 20 heavy (non-hydrogen) atoms. The maximum Gasteiger partial charge on any atom is 0.261 e. The Morgan fingerprint density at radius 2 is 1.80 bits per heavy atom. The van der Waals surface area contributed by atoms with Gasteiger partial charge in [0.1, 0.15) is 0 Å². The zero-order valence-corrected chi connectivity index (χ0v) is 13.9. The van der Waals surface area contributed by atoms with Crippen LogP contribution in [-0.4, -0.2) is 39.1 Å². The van der Waals surface area contributed by atoms with Crippen molar-refractivity contribution in [2.24, 2.45) is 0 Å². The summed E-state index contributed by atoms with van der Waals surface area (Å²) in [6, 6.07) is 4.70. The van der Waals surface area contributed by atoms with Crippen LogP contribution >= 0.6 is 10.7 Å². The van der Waals surface area contributed by atoms with Crippen LogP contribution in [0.25, 0.3) is 0 Å². The average Bonchev–Trinajstić information content (AvgIpc) is 2.35. The van der Waals surface area contributed by atoms with Crippen LogP contribution in [0.15, 0.2) is 34.1 Å². The van der Waals surface area contributed by atoms with E-state index in [-0.39, 0.29) is 21.6 Å². The molecule has 0 saturated heterocycles. The molecule has 0 aliphatic heterocycles. The molecule has 1 rings (SSSR count). The molecule has 0 aliphatic rings. The van der Waals surface area contributed by atoms with Crippen molar-refractivity contribution >= 4 is 40.6 Å². The Morgan fingerprint density at radius 1 is 1.25 bits per heavy atom. The fraction of sp³-hybridized carbons (Fsp3) is 0.400. The molecule has 0 aromatic heterocycles. The Bertz CT molecular complexity index is 714. The Labute approximate surface area is 125 Å². The van der Waals surface area contributed by atoms with Crippen LogP contribution < -0.4 is 4.72 Å². The van der Waals surface area contributed by atoms with Crippen molar-refractivity contribution in [1.29, 1.82) is 0 Å². The first-order chi connectivity index (χ1) is 9.04. The summed E-state index contributed by atoms with van der Waals surface area (Å²) in [5.74, 6) is 0. The minimum Gasteiger partial charge on any atom is -0.260 e. The summed E-state index contributed by atoms with van der Waals surface area (Å²) in [7, 11) is -3.88. The average molecular weight is 360 g/mol. The minimum absolute atomic E-state index is 0.0106. The predicted molar refractivity (Wildman–Crippen MR) is 78.2 cm³/mol. The molecule has 0 heterocycles. The van der Waals surface area contributed by atoms with Gasteiger partial charge in [-0.2, -0.15) is 0 Å². The summed E-state index contributed by atoms with van der Waals surface area (Å²) in [6.07, 6.45) is 1.47. The highest BCUT2D eigenvalue weighted by Gasteiger charge is 2.19. The van der Waals surface area contributed by atoms with Gasteiger partial charge in [0.2, 0.25) is 10.0 Å². The number of sulfonamides is 1. The normalized spacial score (nSPS) is 15.8. The number of hydrogen-bond acceptors (Lipinski definition) is 5.